The summed E-state index contributed by atoms with van der Waals surface area (Å²) in [5, 5.41) is 14.4. The number of hydrogen-bond donors (Lipinski definition) is 2. The van der Waals surface area contributed by atoms with Crippen LogP contribution >= 0.6 is 11.6 Å². The Morgan fingerprint density at radius 2 is 1.96 bits per heavy atom. The molecule has 0 atom stereocenters. The van der Waals surface area contributed by atoms with Crippen LogP contribution in [-0.4, -0.2) is 22.2 Å². The Bertz CT molecular complexity index is 937. The summed E-state index contributed by atoms with van der Waals surface area (Å²) in [4.78, 5) is 16.3. The molecule has 24 heavy (non-hydrogen) atoms. The summed E-state index contributed by atoms with van der Waals surface area (Å²) < 4.78 is 0. The SMILES string of the molecule is Cc1ccc2cc(/C=N/NC(=O)c3ccc(O)cc3)c(Cl)nc2c1. The minimum atomic E-state index is -0.383. The Kier molecular flexibility index (Phi) is 4.44. The van der Waals surface area contributed by atoms with Crippen LogP contribution in [0.1, 0.15) is 21.5 Å². The topological polar surface area (TPSA) is 74.6 Å². The van der Waals surface area contributed by atoms with E-state index >= 15 is 0 Å². The number of carbonyl (C=O) groups is 1. The number of amides is 1. The number of phenolic OH excluding ortho intramolecular Hbond substituents is 1. The number of halogens is 1. The second-order valence-corrected chi connectivity index (χ2v) is 5.67. The Labute approximate surface area is 143 Å². The molecule has 0 unspecified atom stereocenters. The molecular weight excluding hydrogens is 326 g/mol. The van der Waals surface area contributed by atoms with Gasteiger partial charge in [-0.25, -0.2) is 10.4 Å². The summed E-state index contributed by atoms with van der Waals surface area (Å²) in [5.74, 6) is -0.286. The smallest absolute Gasteiger partial charge is 0.271 e. The third kappa shape index (κ3) is 3.52. The van der Waals surface area contributed by atoms with E-state index < -0.39 is 0 Å². The molecule has 0 aliphatic rings. The second kappa shape index (κ2) is 6.68. The van der Waals surface area contributed by atoms with E-state index in [4.69, 9.17) is 11.6 Å². The van der Waals surface area contributed by atoms with Crippen LogP contribution in [0.3, 0.4) is 0 Å². The largest absolute Gasteiger partial charge is 0.508 e. The molecule has 2 aromatic carbocycles. The molecule has 3 rings (SSSR count). The minimum Gasteiger partial charge on any atom is -0.508 e. The molecule has 0 spiro atoms. The number of aromatic hydroxyl groups is 1. The fourth-order valence-electron chi connectivity index (χ4n) is 2.20. The van der Waals surface area contributed by atoms with Crippen LogP contribution in [0, 0.1) is 6.92 Å². The summed E-state index contributed by atoms with van der Waals surface area (Å²) in [5.41, 5.74) is 5.33. The molecule has 6 heteroatoms. The number of benzene rings is 2. The van der Waals surface area contributed by atoms with Crippen molar-refractivity contribution in [3.05, 3.63) is 70.4 Å². The number of fused-ring (bicyclic) bond motifs is 1. The first kappa shape index (κ1) is 16.0. The molecule has 0 saturated carbocycles. The highest BCUT2D eigenvalue weighted by Gasteiger charge is 2.05. The highest BCUT2D eigenvalue weighted by molar-refractivity contribution is 6.32. The van der Waals surface area contributed by atoms with Gasteiger partial charge in [0.05, 0.1) is 11.7 Å². The number of aromatic nitrogens is 1. The highest BCUT2D eigenvalue weighted by Crippen LogP contribution is 2.20. The van der Waals surface area contributed by atoms with Crippen LogP contribution in [0.5, 0.6) is 5.75 Å². The first-order valence-electron chi connectivity index (χ1n) is 7.22. The molecule has 0 aliphatic heterocycles. The molecule has 5 nitrogen and oxygen atoms in total. The molecule has 0 aliphatic carbocycles. The Balaban J connectivity index is 1.77. The van der Waals surface area contributed by atoms with E-state index in [1.54, 1.807) is 0 Å². The molecule has 0 bridgehead atoms. The molecule has 2 N–H and O–H groups in total. The molecule has 1 heterocycles. The average molecular weight is 340 g/mol. The Morgan fingerprint density at radius 3 is 2.71 bits per heavy atom. The molecule has 1 aromatic heterocycles. The quantitative estimate of drug-likeness (QED) is 0.434. The van der Waals surface area contributed by atoms with E-state index in [9.17, 15) is 9.90 Å². The number of aryl methyl sites for hydroxylation is 1. The van der Waals surface area contributed by atoms with Crippen molar-refractivity contribution in [3.63, 3.8) is 0 Å². The summed E-state index contributed by atoms with van der Waals surface area (Å²) >= 11 is 6.16. The van der Waals surface area contributed by atoms with E-state index in [1.807, 2.05) is 31.2 Å². The number of hydrogen-bond acceptors (Lipinski definition) is 4. The summed E-state index contributed by atoms with van der Waals surface area (Å²) in [6, 6.07) is 13.6. The zero-order chi connectivity index (χ0) is 17.1. The predicted molar refractivity (Wildman–Crippen MR) is 94.7 cm³/mol. The maximum absolute atomic E-state index is 11.9. The molecule has 0 fully saturated rings. The van der Waals surface area contributed by atoms with Gasteiger partial charge >= 0.3 is 0 Å². The maximum atomic E-state index is 11.9. The number of nitrogens with one attached hydrogen (secondary N) is 1. The first-order chi connectivity index (χ1) is 11.5. The van der Waals surface area contributed by atoms with Crippen LogP contribution in [0.25, 0.3) is 10.9 Å². The van der Waals surface area contributed by atoms with Crippen molar-refractivity contribution in [3.8, 4) is 5.75 Å². The molecular formula is C18H14ClN3O2. The highest BCUT2D eigenvalue weighted by atomic mass is 35.5. The van der Waals surface area contributed by atoms with E-state index in [0.717, 1.165) is 16.5 Å². The standard InChI is InChI=1S/C18H14ClN3O2/c1-11-2-3-13-9-14(17(19)21-16(13)8-11)10-20-22-18(24)12-4-6-15(23)7-5-12/h2-10,23H,1H3,(H,22,24)/b20-10+. The van der Waals surface area contributed by atoms with Crippen molar-refractivity contribution in [2.24, 2.45) is 5.10 Å². The average Bonchev–Trinajstić information content (AvgIpc) is 2.56. The molecule has 0 radical (unpaired) electrons. The lowest BCUT2D eigenvalue weighted by Crippen LogP contribution is -2.17. The van der Waals surface area contributed by atoms with Crippen LogP contribution in [0.2, 0.25) is 5.15 Å². The third-order valence-electron chi connectivity index (χ3n) is 3.45. The number of rotatable bonds is 3. The number of hydrazone groups is 1. The van der Waals surface area contributed by atoms with Gasteiger partial charge in [0.1, 0.15) is 10.9 Å². The zero-order valence-corrected chi connectivity index (χ0v) is 13.6. The van der Waals surface area contributed by atoms with Gasteiger partial charge in [0.2, 0.25) is 0 Å². The van der Waals surface area contributed by atoms with Crippen LogP contribution in [-0.2, 0) is 0 Å². The van der Waals surface area contributed by atoms with Crippen molar-refractivity contribution >= 4 is 34.6 Å². The van der Waals surface area contributed by atoms with Gasteiger partial charge in [-0.1, -0.05) is 23.7 Å². The van der Waals surface area contributed by atoms with E-state index in [0.29, 0.717) is 16.3 Å². The monoisotopic (exact) mass is 339 g/mol. The number of carbonyl (C=O) groups excluding carboxylic acids is 1. The fraction of sp³-hybridized carbons (Fsp3) is 0.0556. The van der Waals surface area contributed by atoms with Gasteiger partial charge in [0.15, 0.2) is 0 Å². The lowest BCUT2D eigenvalue weighted by atomic mass is 10.1. The minimum absolute atomic E-state index is 0.0966. The maximum Gasteiger partial charge on any atom is 0.271 e. The Hall–Kier alpha value is -2.92. The van der Waals surface area contributed by atoms with Gasteiger partial charge in [-0.2, -0.15) is 5.10 Å². The van der Waals surface area contributed by atoms with Gasteiger partial charge in [-0.15, -0.1) is 0 Å². The second-order valence-electron chi connectivity index (χ2n) is 5.31. The van der Waals surface area contributed by atoms with Crippen molar-refractivity contribution in [2.45, 2.75) is 6.92 Å². The lowest BCUT2D eigenvalue weighted by Gasteiger charge is -2.03. The van der Waals surface area contributed by atoms with Crippen molar-refractivity contribution in [2.75, 3.05) is 0 Å². The number of pyridine rings is 1. The number of nitrogens with zero attached hydrogens (tertiary/aromatic N) is 2. The molecule has 1 amide bonds. The van der Waals surface area contributed by atoms with Gasteiger partial charge in [0, 0.05) is 16.5 Å². The zero-order valence-electron chi connectivity index (χ0n) is 12.8. The first-order valence-corrected chi connectivity index (χ1v) is 7.60. The van der Waals surface area contributed by atoms with E-state index in [1.165, 1.54) is 30.5 Å². The van der Waals surface area contributed by atoms with E-state index in [2.05, 4.69) is 15.5 Å². The van der Waals surface area contributed by atoms with Gasteiger partial charge in [-0.3, -0.25) is 4.79 Å². The predicted octanol–water partition coefficient (Wildman–Crippen LogP) is 3.67. The summed E-state index contributed by atoms with van der Waals surface area (Å²) in [6.07, 6.45) is 1.45. The molecule has 120 valence electrons. The molecule has 3 aromatic rings. The van der Waals surface area contributed by atoms with Gasteiger partial charge < -0.3 is 5.11 Å². The third-order valence-corrected chi connectivity index (χ3v) is 3.76. The lowest BCUT2D eigenvalue weighted by molar-refractivity contribution is 0.0955. The summed E-state index contributed by atoms with van der Waals surface area (Å²) in [6.45, 7) is 1.99. The van der Waals surface area contributed by atoms with Gasteiger partial charge in [0.25, 0.3) is 5.91 Å². The normalized spacial score (nSPS) is 11.1. The Morgan fingerprint density at radius 1 is 1.21 bits per heavy atom. The van der Waals surface area contributed by atoms with Crippen LogP contribution < -0.4 is 5.43 Å². The van der Waals surface area contributed by atoms with Gasteiger partial charge in [-0.05, 0) is 48.9 Å². The van der Waals surface area contributed by atoms with E-state index in [-0.39, 0.29) is 11.7 Å². The van der Waals surface area contributed by atoms with Crippen LogP contribution in [0.15, 0.2) is 53.6 Å². The van der Waals surface area contributed by atoms with Crippen molar-refractivity contribution < 1.29 is 9.90 Å². The summed E-state index contributed by atoms with van der Waals surface area (Å²) in [7, 11) is 0. The van der Waals surface area contributed by atoms with Crippen molar-refractivity contribution in [1.82, 2.24) is 10.4 Å². The number of phenols is 1. The van der Waals surface area contributed by atoms with Crippen LogP contribution in [0.4, 0.5) is 0 Å². The fourth-order valence-corrected chi connectivity index (χ4v) is 2.39. The molecule has 0 saturated heterocycles. The van der Waals surface area contributed by atoms with Crippen molar-refractivity contribution in [1.29, 1.82) is 0 Å².